The van der Waals surface area contributed by atoms with Crippen molar-refractivity contribution in [3.8, 4) is 11.5 Å². The number of esters is 1. The van der Waals surface area contributed by atoms with Gasteiger partial charge in [0.2, 0.25) is 5.56 Å². The van der Waals surface area contributed by atoms with E-state index in [-0.39, 0.29) is 23.4 Å². The van der Waals surface area contributed by atoms with Crippen LogP contribution < -0.4 is 20.9 Å². The average molecular weight is 701 g/mol. The Hall–Kier alpha value is -5.16. The van der Waals surface area contributed by atoms with Crippen molar-refractivity contribution < 1.29 is 24.5 Å². The fourth-order valence-electron chi connectivity index (χ4n) is 8.10. The lowest BCUT2D eigenvalue weighted by atomic mass is 9.85. The summed E-state index contributed by atoms with van der Waals surface area (Å²) in [6.07, 6.45) is 2.77. The quantitative estimate of drug-likeness (QED) is 0.107. The average Bonchev–Trinajstić information content (AvgIpc) is 3.55. The molecule has 10 heteroatoms. The molecule has 5 aromatic rings. The fourth-order valence-corrected chi connectivity index (χ4v) is 8.10. The molecule has 3 atom stereocenters. The Labute approximate surface area is 302 Å². The number of hydrogen-bond donors (Lipinski definition) is 5. The summed E-state index contributed by atoms with van der Waals surface area (Å²) in [7, 11) is 0. The third kappa shape index (κ3) is 6.89. The molecule has 1 aliphatic carbocycles. The van der Waals surface area contributed by atoms with Gasteiger partial charge >= 0.3 is 5.97 Å². The minimum absolute atomic E-state index is 0.0353. The van der Waals surface area contributed by atoms with Crippen LogP contribution in [0.1, 0.15) is 53.2 Å². The van der Waals surface area contributed by atoms with Crippen molar-refractivity contribution in [3.05, 3.63) is 135 Å². The summed E-state index contributed by atoms with van der Waals surface area (Å²) in [4.78, 5) is 30.8. The molecule has 268 valence electrons. The van der Waals surface area contributed by atoms with E-state index < -0.39 is 11.6 Å². The second-order valence-electron chi connectivity index (χ2n) is 14.3. The van der Waals surface area contributed by atoms with Crippen LogP contribution in [0.4, 0.5) is 5.69 Å². The van der Waals surface area contributed by atoms with Crippen molar-refractivity contribution >= 4 is 22.6 Å². The van der Waals surface area contributed by atoms with E-state index in [0.29, 0.717) is 48.5 Å². The van der Waals surface area contributed by atoms with Gasteiger partial charge in [0.05, 0.1) is 11.6 Å². The molecule has 3 aliphatic heterocycles. The topological polar surface area (TPSA) is 136 Å². The Kier molecular flexibility index (Phi) is 9.44. The van der Waals surface area contributed by atoms with Gasteiger partial charge in [-0.05, 0) is 109 Å². The number of aliphatic hydroxyl groups is 1. The highest BCUT2D eigenvalue weighted by molar-refractivity contribution is 5.88. The highest BCUT2D eigenvalue weighted by Gasteiger charge is 2.49. The van der Waals surface area contributed by atoms with Crippen LogP contribution in [0, 0.1) is 5.92 Å². The number of carbonyl (C=O) groups is 1. The Bertz CT molecular complexity index is 2110. The number of pyridine rings is 1. The van der Waals surface area contributed by atoms with Gasteiger partial charge < -0.3 is 35.3 Å². The van der Waals surface area contributed by atoms with Crippen LogP contribution in [0.25, 0.3) is 10.9 Å². The van der Waals surface area contributed by atoms with Crippen molar-refractivity contribution in [2.24, 2.45) is 5.92 Å². The van der Waals surface area contributed by atoms with E-state index in [9.17, 15) is 19.8 Å². The van der Waals surface area contributed by atoms with E-state index in [2.05, 4.69) is 32.7 Å². The van der Waals surface area contributed by atoms with Crippen LogP contribution in [-0.2, 0) is 34.6 Å². The summed E-state index contributed by atoms with van der Waals surface area (Å²) in [6, 6.07) is 30.2. The third-order valence-electron chi connectivity index (χ3n) is 11.0. The number of rotatable bonds is 12. The number of nitrogens with zero attached hydrogens (tertiary/aromatic N) is 1. The lowest BCUT2D eigenvalue weighted by Crippen LogP contribution is -2.54. The molecule has 4 aromatic carbocycles. The van der Waals surface area contributed by atoms with Crippen LogP contribution >= 0.6 is 0 Å². The first-order chi connectivity index (χ1) is 25.3. The first-order valence-electron chi connectivity index (χ1n) is 18.2. The number of aromatic amines is 1. The number of aliphatic hydroxyl groups excluding tert-OH is 1. The summed E-state index contributed by atoms with van der Waals surface area (Å²) < 4.78 is 12.4. The minimum atomic E-state index is -0.929. The number of aryl methyl sites for hydroxylation is 1. The number of aromatic nitrogens is 1. The molecule has 4 heterocycles. The predicted octanol–water partition coefficient (Wildman–Crippen LogP) is 5.53. The number of nitrogens with one attached hydrogen (secondary N) is 3. The molecule has 5 N–H and O–H groups in total. The number of fused-ring (bicyclic) bond motifs is 5. The zero-order chi connectivity index (χ0) is 35.7. The molecular formula is C42H44N4O6. The predicted molar refractivity (Wildman–Crippen MR) is 199 cm³/mol. The summed E-state index contributed by atoms with van der Waals surface area (Å²) in [5, 5.41) is 28.5. The van der Waals surface area contributed by atoms with Crippen LogP contribution in [0.3, 0.4) is 0 Å². The van der Waals surface area contributed by atoms with Gasteiger partial charge in [0.1, 0.15) is 24.2 Å². The second kappa shape index (κ2) is 14.5. The fraction of sp³-hybridized carbons (Fsp3) is 0.333. The van der Waals surface area contributed by atoms with E-state index >= 15 is 0 Å². The maximum Gasteiger partial charge on any atom is 0.336 e. The molecule has 1 aromatic heterocycles. The smallest absolute Gasteiger partial charge is 0.336 e. The molecule has 3 saturated heterocycles. The van der Waals surface area contributed by atoms with E-state index in [1.807, 2.05) is 60.7 Å². The lowest BCUT2D eigenvalue weighted by molar-refractivity contribution is -0.164. The largest absolute Gasteiger partial charge is 0.506 e. The van der Waals surface area contributed by atoms with Gasteiger partial charge in [0.25, 0.3) is 0 Å². The monoisotopic (exact) mass is 700 g/mol. The number of ether oxygens (including phenoxy) is 2. The summed E-state index contributed by atoms with van der Waals surface area (Å²) in [6.45, 7) is 4.28. The number of benzene rings is 4. The highest BCUT2D eigenvalue weighted by Crippen LogP contribution is 2.42. The number of hydrogen-bond acceptors (Lipinski definition) is 9. The van der Waals surface area contributed by atoms with E-state index in [0.717, 1.165) is 67.0 Å². The standard InChI is InChI=1S/C42H44N4O6/c47-36-15-13-33(34-14-16-39(49)44-40(34)36)37(48)24-43-23-27-5-7-28(8-6-27)26-51-32-11-9-31(10-12-32)45-42(20-17-29-3-1-2-4-35(29)42)41(50)52-38-25-46-21-18-30(38)19-22-46/h1-16,30,37-38,43,45,47-48H,17-26H2,(H,44,49)/t37-,38-,42?/m0/s1. The molecule has 2 bridgehead atoms. The van der Waals surface area contributed by atoms with Gasteiger partial charge in [0, 0.05) is 36.8 Å². The Balaban J connectivity index is 0.857. The van der Waals surface area contributed by atoms with Crippen molar-refractivity contribution in [2.45, 2.75) is 56.6 Å². The van der Waals surface area contributed by atoms with Crippen molar-refractivity contribution in [2.75, 3.05) is 31.5 Å². The van der Waals surface area contributed by atoms with E-state index in [4.69, 9.17) is 9.47 Å². The maximum atomic E-state index is 14.1. The summed E-state index contributed by atoms with van der Waals surface area (Å²) >= 11 is 0. The normalized spacial score (nSPS) is 22.5. The van der Waals surface area contributed by atoms with Crippen LogP contribution in [0.15, 0.2) is 102 Å². The van der Waals surface area contributed by atoms with Gasteiger partial charge in [-0.15, -0.1) is 0 Å². The number of phenolic OH excluding ortho intramolecular Hbond substituents is 1. The molecular weight excluding hydrogens is 656 g/mol. The Morgan fingerprint density at radius 3 is 2.48 bits per heavy atom. The molecule has 3 fully saturated rings. The zero-order valence-corrected chi connectivity index (χ0v) is 29.0. The Morgan fingerprint density at radius 2 is 1.71 bits per heavy atom. The molecule has 52 heavy (non-hydrogen) atoms. The molecule has 9 rings (SSSR count). The first-order valence-corrected chi connectivity index (χ1v) is 18.2. The van der Waals surface area contributed by atoms with Gasteiger partial charge in [-0.2, -0.15) is 0 Å². The lowest BCUT2D eigenvalue weighted by Gasteiger charge is -2.45. The molecule has 0 amide bonds. The van der Waals surface area contributed by atoms with Gasteiger partial charge in [-0.3, -0.25) is 9.69 Å². The maximum absolute atomic E-state index is 14.1. The van der Waals surface area contributed by atoms with E-state index in [1.54, 1.807) is 12.1 Å². The molecule has 0 spiro atoms. The van der Waals surface area contributed by atoms with Crippen LogP contribution in [0.2, 0.25) is 0 Å². The Morgan fingerprint density at radius 1 is 0.942 bits per heavy atom. The van der Waals surface area contributed by atoms with Crippen molar-refractivity contribution in [1.82, 2.24) is 15.2 Å². The molecule has 10 nitrogen and oxygen atoms in total. The number of aromatic hydroxyl groups is 1. The summed E-state index contributed by atoms with van der Waals surface area (Å²) in [5.41, 5.74) is 4.79. The molecule has 0 radical (unpaired) electrons. The van der Waals surface area contributed by atoms with Crippen molar-refractivity contribution in [1.29, 1.82) is 0 Å². The van der Waals surface area contributed by atoms with Crippen LogP contribution in [0.5, 0.6) is 11.5 Å². The third-order valence-corrected chi connectivity index (χ3v) is 11.0. The molecule has 1 unspecified atom stereocenters. The number of phenols is 1. The zero-order valence-electron chi connectivity index (χ0n) is 29.0. The number of anilines is 1. The van der Waals surface area contributed by atoms with Gasteiger partial charge in [-0.1, -0.05) is 54.6 Å². The SMILES string of the molecule is O=C(O[C@H]1CN2CCC1CC2)C1(Nc2ccc(OCc3ccc(CNC[C@H](O)c4ccc(O)c5[nH]c(=O)ccc45)cc3)cc2)CCc2ccccc21. The number of H-pyrrole nitrogens is 1. The van der Waals surface area contributed by atoms with Crippen LogP contribution in [-0.4, -0.2) is 58.3 Å². The van der Waals surface area contributed by atoms with Crippen molar-refractivity contribution in [3.63, 3.8) is 0 Å². The summed E-state index contributed by atoms with van der Waals surface area (Å²) in [5.74, 6) is 0.954. The highest BCUT2D eigenvalue weighted by atomic mass is 16.5. The van der Waals surface area contributed by atoms with Gasteiger partial charge in [0.15, 0.2) is 5.54 Å². The van der Waals surface area contributed by atoms with Gasteiger partial charge in [-0.25, -0.2) is 4.79 Å². The van der Waals surface area contributed by atoms with E-state index in [1.165, 1.54) is 17.7 Å². The molecule has 4 aliphatic rings. The second-order valence-corrected chi connectivity index (χ2v) is 14.3. The number of carbonyl (C=O) groups excluding carboxylic acids is 1. The first kappa shape index (κ1) is 34.0. The molecule has 0 saturated carbocycles. The minimum Gasteiger partial charge on any atom is -0.506 e. The number of piperidine rings is 3.